The molecule has 5 heteroatoms. The van der Waals surface area contributed by atoms with Gasteiger partial charge in [0.15, 0.2) is 0 Å². The molecule has 0 spiro atoms. The number of nitrogens with one attached hydrogen (secondary N) is 1. The molecule has 5 nitrogen and oxygen atoms in total. The number of nitrogens with two attached hydrogens (primary N) is 1. The minimum Gasteiger partial charge on any atom is -0.445 e. The van der Waals surface area contributed by atoms with E-state index in [1.807, 2.05) is 54.6 Å². The van der Waals surface area contributed by atoms with Crippen LogP contribution in [0.1, 0.15) is 36.1 Å². The smallest absolute Gasteiger partial charge is 0.407 e. The molecule has 0 bridgehead atoms. The molecular weight excluding hydrogens is 352 g/mol. The van der Waals surface area contributed by atoms with Crippen LogP contribution in [-0.4, -0.2) is 12.0 Å². The van der Waals surface area contributed by atoms with E-state index in [1.54, 1.807) is 13.0 Å². The van der Waals surface area contributed by atoms with Crippen LogP contribution in [0.2, 0.25) is 0 Å². The van der Waals surface area contributed by atoms with Crippen molar-refractivity contribution in [2.45, 2.75) is 26.0 Å². The molecular formula is C23H26N2O3. The molecule has 3 N–H and O–H groups in total. The van der Waals surface area contributed by atoms with Crippen LogP contribution in [0.25, 0.3) is 5.57 Å². The van der Waals surface area contributed by atoms with E-state index in [0.29, 0.717) is 12.0 Å². The van der Waals surface area contributed by atoms with Crippen LogP contribution in [-0.2, 0) is 16.1 Å². The molecule has 2 atom stereocenters. The zero-order valence-corrected chi connectivity index (χ0v) is 16.1. The van der Waals surface area contributed by atoms with Gasteiger partial charge < -0.3 is 15.8 Å². The summed E-state index contributed by atoms with van der Waals surface area (Å²) >= 11 is 0. The van der Waals surface area contributed by atoms with Crippen molar-refractivity contribution in [3.63, 3.8) is 0 Å². The highest BCUT2D eigenvalue weighted by molar-refractivity contribution is 5.89. The van der Waals surface area contributed by atoms with Crippen molar-refractivity contribution >= 4 is 17.6 Å². The first kappa shape index (κ1) is 21.0. The average Bonchev–Trinajstić information content (AvgIpc) is 2.71. The van der Waals surface area contributed by atoms with E-state index in [1.165, 1.54) is 0 Å². The monoisotopic (exact) mass is 378 g/mol. The molecule has 146 valence electrons. The normalized spacial score (nSPS) is 12.5. The summed E-state index contributed by atoms with van der Waals surface area (Å²) < 4.78 is 5.31. The van der Waals surface area contributed by atoms with Crippen LogP contribution in [0.3, 0.4) is 0 Å². The summed E-state index contributed by atoms with van der Waals surface area (Å²) in [6, 6.07) is 16.7. The maximum atomic E-state index is 12.2. The average molecular weight is 378 g/mol. The second kappa shape index (κ2) is 10.1. The summed E-state index contributed by atoms with van der Waals surface area (Å²) in [6.07, 6.45) is 1.75. The van der Waals surface area contributed by atoms with E-state index in [0.717, 1.165) is 16.7 Å². The highest BCUT2D eigenvalue weighted by Crippen LogP contribution is 2.26. The van der Waals surface area contributed by atoms with Gasteiger partial charge in [-0.05, 0) is 41.7 Å². The largest absolute Gasteiger partial charge is 0.445 e. The third-order valence-electron chi connectivity index (χ3n) is 4.52. The summed E-state index contributed by atoms with van der Waals surface area (Å²) in [6.45, 7) is 9.66. The summed E-state index contributed by atoms with van der Waals surface area (Å²) in [5, 5.41) is 2.87. The van der Waals surface area contributed by atoms with Crippen LogP contribution >= 0.6 is 0 Å². The Labute approximate surface area is 165 Å². The van der Waals surface area contributed by atoms with Crippen LogP contribution < -0.4 is 11.1 Å². The molecule has 0 heterocycles. The molecule has 0 saturated carbocycles. The Morgan fingerprint density at radius 3 is 2.54 bits per heavy atom. The Bertz CT molecular complexity index is 846. The van der Waals surface area contributed by atoms with Crippen molar-refractivity contribution < 1.29 is 14.3 Å². The quantitative estimate of drug-likeness (QED) is 0.636. The molecule has 28 heavy (non-hydrogen) atoms. The fraction of sp³-hybridized carbons (Fsp3) is 0.217. The fourth-order valence-electron chi connectivity index (χ4n) is 2.73. The third kappa shape index (κ3) is 5.84. The second-order valence-corrected chi connectivity index (χ2v) is 6.56. The third-order valence-corrected chi connectivity index (χ3v) is 4.52. The van der Waals surface area contributed by atoms with E-state index in [9.17, 15) is 9.59 Å². The zero-order valence-electron chi connectivity index (χ0n) is 16.1. The molecule has 2 amide bonds. The Balaban J connectivity index is 2.09. The number of hydrogen-bond donors (Lipinski definition) is 2. The first-order valence-electron chi connectivity index (χ1n) is 9.09. The number of hydrogen-bond acceptors (Lipinski definition) is 3. The van der Waals surface area contributed by atoms with Gasteiger partial charge in [-0.25, -0.2) is 4.79 Å². The summed E-state index contributed by atoms with van der Waals surface area (Å²) in [5.41, 5.74) is 8.60. The molecule has 0 saturated heterocycles. The predicted molar refractivity (Wildman–Crippen MR) is 111 cm³/mol. The Morgan fingerprint density at radius 2 is 1.89 bits per heavy atom. The molecule has 0 aliphatic heterocycles. The minimum atomic E-state index is -0.509. The first-order chi connectivity index (χ1) is 13.4. The van der Waals surface area contributed by atoms with E-state index >= 15 is 0 Å². The number of alkyl carbamates (subject to hydrolysis) is 1. The van der Waals surface area contributed by atoms with Gasteiger partial charge in [0, 0.05) is 0 Å². The van der Waals surface area contributed by atoms with Crippen molar-refractivity contribution in [1.82, 2.24) is 5.32 Å². The van der Waals surface area contributed by atoms with Gasteiger partial charge in [0.2, 0.25) is 5.91 Å². The molecule has 0 aliphatic carbocycles. The molecule has 0 aliphatic rings. The number of carbonyl (C=O) groups is 2. The predicted octanol–water partition coefficient (Wildman–Crippen LogP) is 4.36. The van der Waals surface area contributed by atoms with Crippen molar-refractivity contribution in [1.29, 1.82) is 0 Å². The highest BCUT2D eigenvalue weighted by Gasteiger charge is 2.18. The van der Waals surface area contributed by atoms with E-state index < -0.39 is 17.9 Å². The molecule has 0 aromatic heterocycles. The maximum Gasteiger partial charge on any atom is 0.407 e. The van der Waals surface area contributed by atoms with Gasteiger partial charge >= 0.3 is 6.09 Å². The number of carbonyl (C=O) groups excluding carboxylic acids is 2. The van der Waals surface area contributed by atoms with Gasteiger partial charge in [0.25, 0.3) is 0 Å². The molecule has 2 aromatic rings. The SMILES string of the molecule is C=CC[C@H](NC(=O)OCc1ccccc1)c1cccc(C(=C)C(C)C(N)=O)c1. The fourth-order valence-corrected chi connectivity index (χ4v) is 2.73. The lowest BCUT2D eigenvalue weighted by Gasteiger charge is -2.19. The Hall–Kier alpha value is -3.34. The van der Waals surface area contributed by atoms with Crippen LogP contribution in [0.5, 0.6) is 0 Å². The number of amides is 2. The van der Waals surface area contributed by atoms with Crippen LogP contribution in [0.4, 0.5) is 4.79 Å². The number of primary amides is 1. The number of rotatable bonds is 9. The number of benzene rings is 2. The summed E-state index contributed by atoms with van der Waals surface area (Å²) in [7, 11) is 0. The molecule has 0 fully saturated rings. The van der Waals surface area contributed by atoms with Gasteiger partial charge in [0.1, 0.15) is 6.61 Å². The Kier molecular flexibility index (Phi) is 7.57. The van der Waals surface area contributed by atoms with E-state index in [2.05, 4.69) is 18.5 Å². The molecule has 0 radical (unpaired) electrons. The van der Waals surface area contributed by atoms with Crippen LogP contribution in [0, 0.1) is 5.92 Å². The number of ether oxygens (including phenoxy) is 1. The zero-order chi connectivity index (χ0) is 20.5. The Morgan fingerprint density at radius 1 is 1.18 bits per heavy atom. The molecule has 1 unspecified atom stereocenters. The lowest BCUT2D eigenvalue weighted by atomic mass is 9.92. The van der Waals surface area contributed by atoms with Crippen LogP contribution in [0.15, 0.2) is 73.8 Å². The lowest BCUT2D eigenvalue weighted by molar-refractivity contribution is -0.119. The second-order valence-electron chi connectivity index (χ2n) is 6.56. The lowest BCUT2D eigenvalue weighted by Crippen LogP contribution is -2.29. The highest BCUT2D eigenvalue weighted by atomic mass is 16.5. The standard InChI is InChI=1S/C23H26N2O3/c1-4-9-21(25-23(27)28-15-18-10-6-5-7-11-18)20-13-8-12-19(14-20)16(2)17(3)22(24)26/h4-8,10-14,17,21H,1-2,9,15H2,3H3,(H2,24,26)(H,25,27)/t17?,21-/m0/s1. The van der Waals surface area contributed by atoms with Crippen molar-refractivity contribution in [3.8, 4) is 0 Å². The van der Waals surface area contributed by atoms with Gasteiger partial charge in [-0.15, -0.1) is 6.58 Å². The maximum absolute atomic E-state index is 12.2. The van der Waals surface area contributed by atoms with Crippen molar-refractivity contribution in [2.75, 3.05) is 0 Å². The summed E-state index contributed by atoms with van der Waals surface area (Å²) in [5.74, 6) is -0.905. The van der Waals surface area contributed by atoms with E-state index in [-0.39, 0.29) is 12.6 Å². The van der Waals surface area contributed by atoms with Gasteiger partial charge in [0.05, 0.1) is 12.0 Å². The van der Waals surface area contributed by atoms with Gasteiger partial charge in [-0.3, -0.25) is 4.79 Å². The van der Waals surface area contributed by atoms with Gasteiger partial charge in [-0.1, -0.05) is 61.2 Å². The summed E-state index contributed by atoms with van der Waals surface area (Å²) in [4.78, 5) is 23.7. The van der Waals surface area contributed by atoms with E-state index in [4.69, 9.17) is 10.5 Å². The van der Waals surface area contributed by atoms with Gasteiger partial charge in [-0.2, -0.15) is 0 Å². The molecule has 2 rings (SSSR count). The first-order valence-corrected chi connectivity index (χ1v) is 9.09. The topological polar surface area (TPSA) is 81.4 Å². The minimum absolute atomic E-state index is 0.195. The van der Waals surface area contributed by atoms with Crippen molar-refractivity contribution in [3.05, 3.63) is 90.5 Å². The van der Waals surface area contributed by atoms with Crippen molar-refractivity contribution in [2.24, 2.45) is 11.7 Å². The molecule has 2 aromatic carbocycles.